The number of nitrogens with one attached hydrogen (secondary N) is 1. The molecule has 0 radical (unpaired) electrons. The van der Waals surface area contributed by atoms with Crippen molar-refractivity contribution in [2.45, 2.75) is 0 Å². The quantitative estimate of drug-likeness (QED) is 0.453. The molecule has 1 aromatic rings. The Balaban J connectivity index is 2.87. The fraction of sp³-hybridized carbons (Fsp3) is 0. The van der Waals surface area contributed by atoms with Crippen LogP contribution in [0.3, 0.4) is 0 Å². The topological polar surface area (TPSA) is 78.8 Å². The number of phosphoric acid groups is 1. The highest BCUT2D eigenvalue weighted by Gasteiger charge is 2.15. The minimum Gasteiger partial charge on any atom is -0.301 e. The zero-order valence-corrected chi connectivity index (χ0v) is 10.1. The summed E-state index contributed by atoms with van der Waals surface area (Å²) in [6.45, 7) is 0. The highest BCUT2D eigenvalue weighted by molar-refractivity contribution is 7.46. The fourth-order valence-corrected chi connectivity index (χ4v) is 1.51. The summed E-state index contributed by atoms with van der Waals surface area (Å²) < 4.78 is 14.4. The molecule has 0 bridgehead atoms. The van der Waals surface area contributed by atoms with Gasteiger partial charge < -0.3 is 9.79 Å². The SMILES string of the molecule is O=P(O)(O)ONc1cc(Cl)c(Cl)cc1Cl. The molecule has 9 heteroatoms. The first-order valence-corrected chi connectivity index (χ1v) is 6.11. The van der Waals surface area contributed by atoms with Crippen molar-refractivity contribution in [2.24, 2.45) is 0 Å². The van der Waals surface area contributed by atoms with E-state index < -0.39 is 7.82 Å². The molecule has 5 nitrogen and oxygen atoms in total. The maximum atomic E-state index is 10.4. The minimum atomic E-state index is -4.62. The first kappa shape index (κ1) is 13.1. The summed E-state index contributed by atoms with van der Waals surface area (Å²) in [5.41, 5.74) is 2.09. The van der Waals surface area contributed by atoms with Crippen LogP contribution in [0.2, 0.25) is 15.1 Å². The molecule has 0 unspecified atom stereocenters. The van der Waals surface area contributed by atoms with Gasteiger partial charge >= 0.3 is 7.82 Å². The van der Waals surface area contributed by atoms with Gasteiger partial charge in [0.25, 0.3) is 0 Å². The molecule has 0 aliphatic heterocycles. The average Bonchev–Trinajstić information content (AvgIpc) is 2.07. The van der Waals surface area contributed by atoms with Gasteiger partial charge in [0.1, 0.15) is 0 Å². The van der Waals surface area contributed by atoms with Crippen LogP contribution in [0.4, 0.5) is 5.69 Å². The minimum absolute atomic E-state index is 0.106. The normalized spacial score (nSPS) is 11.5. The van der Waals surface area contributed by atoms with Crippen LogP contribution < -0.4 is 5.48 Å². The lowest BCUT2D eigenvalue weighted by Gasteiger charge is -2.09. The van der Waals surface area contributed by atoms with Crippen LogP contribution in [0.25, 0.3) is 0 Å². The first-order chi connectivity index (χ1) is 6.79. The lowest BCUT2D eigenvalue weighted by Crippen LogP contribution is -1.99. The van der Waals surface area contributed by atoms with Gasteiger partial charge in [0.2, 0.25) is 0 Å². The zero-order valence-electron chi connectivity index (χ0n) is 6.95. The largest absolute Gasteiger partial charge is 0.491 e. The number of rotatable bonds is 3. The number of benzene rings is 1. The van der Waals surface area contributed by atoms with E-state index in [9.17, 15) is 4.57 Å². The van der Waals surface area contributed by atoms with E-state index in [0.717, 1.165) is 0 Å². The predicted molar refractivity (Wildman–Crippen MR) is 58.2 cm³/mol. The molecule has 1 rings (SSSR count). The van der Waals surface area contributed by atoms with Crippen LogP contribution in [-0.4, -0.2) is 9.79 Å². The summed E-state index contributed by atoms with van der Waals surface area (Å²) in [6, 6.07) is 2.60. The van der Waals surface area contributed by atoms with Crippen molar-refractivity contribution >= 4 is 48.3 Å². The second kappa shape index (κ2) is 4.89. The van der Waals surface area contributed by atoms with Crippen LogP contribution >= 0.6 is 42.6 Å². The molecule has 15 heavy (non-hydrogen) atoms. The summed E-state index contributed by atoms with van der Waals surface area (Å²) in [7, 11) is -4.62. The Morgan fingerprint density at radius 2 is 1.67 bits per heavy atom. The van der Waals surface area contributed by atoms with Crippen molar-refractivity contribution in [3.63, 3.8) is 0 Å². The van der Waals surface area contributed by atoms with Crippen molar-refractivity contribution in [1.82, 2.24) is 0 Å². The number of hydrogen-bond acceptors (Lipinski definition) is 3. The standard InChI is InChI=1S/C6H5Cl3NO4P/c7-3-1-5(9)6(2-4(3)8)10-14-15(11,12)13/h1-2,10H,(H2,11,12,13). The molecule has 0 aliphatic carbocycles. The van der Waals surface area contributed by atoms with Gasteiger partial charge in [0.15, 0.2) is 0 Å². The van der Waals surface area contributed by atoms with E-state index in [4.69, 9.17) is 44.6 Å². The van der Waals surface area contributed by atoms with Crippen LogP contribution in [0, 0.1) is 0 Å². The highest BCUT2D eigenvalue weighted by atomic mass is 35.5. The molecule has 0 saturated heterocycles. The van der Waals surface area contributed by atoms with Crippen molar-refractivity contribution < 1.29 is 19.0 Å². The summed E-state index contributed by atoms with van der Waals surface area (Å²) in [5, 5.41) is 0.527. The average molecular weight is 292 g/mol. The number of hydrogen-bond donors (Lipinski definition) is 3. The summed E-state index contributed by atoms with van der Waals surface area (Å²) in [6.07, 6.45) is 0. The van der Waals surface area contributed by atoms with Crippen molar-refractivity contribution in [3.8, 4) is 0 Å². The van der Waals surface area contributed by atoms with Crippen molar-refractivity contribution in [1.29, 1.82) is 0 Å². The van der Waals surface area contributed by atoms with E-state index in [1.807, 2.05) is 5.48 Å². The van der Waals surface area contributed by atoms with Crippen molar-refractivity contribution in [3.05, 3.63) is 27.2 Å². The van der Waals surface area contributed by atoms with Gasteiger partial charge in [-0.2, -0.15) is 4.62 Å². The molecule has 0 saturated carbocycles. The van der Waals surface area contributed by atoms with Crippen LogP contribution in [0.5, 0.6) is 0 Å². The van der Waals surface area contributed by atoms with Gasteiger partial charge in [-0.15, -0.1) is 0 Å². The van der Waals surface area contributed by atoms with Crippen molar-refractivity contribution in [2.75, 3.05) is 5.48 Å². The highest BCUT2D eigenvalue weighted by Crippen LogP contribution is 2.38. The molecule has 84 valence electrons. The summed E-state index contributed by atoms with van der Waals surface area (Å²) >= 11 is 17.0. The Morgan fingerprint density at radius 3 is 2.20 bits per heavy atom. The molecule has 0 spiro atoms. The third-order valence-electron chi connectivity index (χ3n) is 1.28. The van der Waals surface area contributed by atoms with E-state index in [1.165, 1.54) is 12.1 Å². The molecule has 0 aromatic heterocycles. The van der Waals surface area contributed by atoms with E-state index >= 15 is 0 Å². The maximum Gasteiger partial charge on any atom is 0.491 e. The zero-order chi connectivity index (χ0) is 11.6. The molecule has 0 heterocycles. The number of halogens is 3. The third-order valence-corrected chi connectivity index (χ3v) is 2.65. The van der Waals surface area contributed by atoms with Gasteiger partial charge in [-0.25, -0.2) is 4.57 Å². The van der Waals surface area contributed by atoms with Gasteiger partial charge in [0.05, 0.1) is 20.8 Å². The third kappa shape index (κ3) is 4.17. The Kier molecular flexibility index (Phi) is 4.26. The molecular weight excluding hydrogens is 287 g/mol. The number of anilines is 1. The monoisotopic (exact) mass is 291 g/mol. The van der Waals surface area contributed by atoms with Crippen LogP contribution in [-0.2, 0) is 9.19 Å². The lowest BCUT2D eigenvalue weighted by atomic mass is 10.3. The molecule has 0 atom stereocenters. The molecular formula is C6H5Cl3NO4P. The van der Waals surface area contributed by atoms with Gasteiger partial charge in [-0.1, -0.05) is 34.8 Å². The lowest BCUT2D eigenvalue weighted by molar-refractivity contribution is 0.233. The smallest absolute Gasteiger partial charge is 0.301 e. The Labute approximate surface area is 100 Å². The van der Waals surface area contributed by atoms with Crippen LogP contribution in [0.1, 0.15) is 0 Å². The molecule has 0 amide bonds. The first-order valence-electron chi connectivity index (χ1n) is 3.44. The molecule has 0 fully saturated rings. The Hall–Kier alpha value is -0.000000000000000167. The van der Waals surface area contributed by atoms with E-state index in [-0.39, 0.29) is 20.8 Å². The van der Waals surface area contributed by atoms with Gasteiger partial charge in [-0.3, -0.25) is 5.48 Å². The van der Waals surface area contributed by atoms with E-state index in [0.29, 0.717) is 0 Å². The van der Waals surface area contributed by atoms with Crippen LogP contribution in [0.15, 0.2) is 12.1 Å². The van der Waals surface area contributed by atoms with Gasteiger partial charge in [-0.05, 0) is 12.1 Å². The fourth-order valence-electron chi connectivity index (χ4n) is 0.709. The molecule has 3 N–H and O–H groups in total. The molecule has 0 aliphatic rings. The summed E-state index contributed by atoms with van der Waals surface area (Å²) in [4.78, 5) is 16.8. The predicted octanol–water partition coefficient (Wildman–Crippen LogP) is 3.08. The Bertz CT molecular complexity index is 421. The van der Waals surface area contributed by atoms with E-state index in [2.05, 4.69) is 4.62 Å². The second-order valence-corrected chi connectivity index (χ2v) is 4.82. The van der Waals surface area contributed by atoms with Gasteiger partial charge in [0, 0.05) is 0 Å². The molecule has 1 aromatic carbocycles. The van der Waals surface area contributed by atoms with E-state index in [1.54, 1.807) is 0 Å². The Morgan fingerprint density at radius 1 is 1.13 bits per heavy atom. The maximum absolute atomic E-state index is 10.4. The second-order valence-electron chi connectivity index (χ2n) is 2.43. The summed E-state index contributed by atoms with van der Waals surface area (Å²) in [5.74, 6) is 0.